The molecule has 6 heteroatoms. The van der Waals surface area contributed by atoms with E-state index in [-0.39, 0.29) is 5.91 Å². The van der Waals surface area contributed by atoms with Crippen molar-refractivity contribution in [3.8, 4) is 0 Å². The van der Waals surface area contributed by atoms with Crippen LogP contribution in [0.2, 0.25) is 0 Å². The second kappa shape index (κ2) is 6.99. The van der Waals surface area contributed by atoms with Gasteiger partial charge < -0.3 is 14.2 Å². The summed E-state index contributed by atoms with van der Waals surface area (Å²) < 4.78 is 10.1. The van der Waals surface area contributed by atoms with Gasteiger partial charge in [-0.3, -0.25) is 4.79 Å². The topological polar surface area (TPSA) is 68.5 Å². The molecule has 2 aromatic rings. The minimum Gasteiger partial charge on any atom is -0.377 e. The van der Waals surface area contributed by atoms with Crippen LogP contribution in [-0.2, 0) is 17.9 Å². The molecule has 0 atom stereocenters. The lowest BCUT2D eigenvalue weighted by molar-refractivity contribution is 0.0733. The van der Waals surface area contributed by atoms with Gasteiger partial charge >= 0.3 is 0 Å². The molecule has 2 rings (SSSR count). The van der Waals surface area contributed by atoms with Crippen LogP contribution in [0, 0.1) is 6.92 Å². The van der Waals surface area contributed by atoms with E-state index in [0.717, 1.165) is 5.56 Å². The van der Waals surface area contributed by atoms with Gasteiger partial charge in [0.1, 0.15) is 13.2 Å². The van der Waals surface area contributed by atoms with Crippen LogP contribution < -0.4 is 0 Å². The molecule has 0 aliphatic carbocycles. The smallest absolute Gasteiger partial charge is 0.254 e. The molecule has 1 aromatic carbocycles. The number of nitrogens with zero attached hydrogens (tertiary/aromatic N) is 3. The predicted molar refractivity (Wildman–Crippen MR) is 76.6 cm³/mol. The van der Waals surface area contributed by atoms with Crippen molar-refractivity contribution < 1.29 is 14.1 Å². The van der Waals surface area contributed by atoms with Crippen molar-refractivity contribution in [1.29, 1.82) is 0 Å². The number of aryl methyl sites for hydroxylation is 1. The molecule has 21 heavy (non-hydrogen) atoms. The van der Waals surface area contributed by atoms with Gasteiger partial charge in [0, 0.05) is 19.2 Å². The highest BCUT2D eigenvalue weighted by molar-refractivity contribution is 5.95. The first-order chi connectivity index (χ1) is 10.2. The maximum Gasteiger partial charge on any atom is 0.254 e. The summed E-state index contributed by atoms with van der Waals surface area (Å²) in [6.45, 7) is 4.99. The van der Waals surface area contributed by atoms with Crippen LogP contribution in [0.4, 0.5) is 0 Å². The van der Waals surface area contributed by atoms with E-state index in [1.54, 1.807) is 12.0 Å². The number of amides is 1. The predicted octanol–water partition coefficient (Wildman–Crippen LogP) is 2.19. The summed E-state index contributed by atoms with van der Waals surface area (Å²) >= 11 is 0. The monoisotopic (exact) mass is 289 g/mol. The molecule has 0 bridgehead atoms. The van der Waals surface area contributed by atoms with Crippen molar-refractivity contribution in [2.75, 3.05) is 13.7 Å². The van der Waals surface area contributed by atoms with E-state index in [1.807, 2.05) is 38.1 Å². The molecule has 0 fully saturated rings. The van der Waals surface area contributed by atoms with E-state index in [4.69, 9.17) is 9.26 Å². The second-order valence-electron chi connectivity index (χ2n) is 4.67. The molecular formula is C15H19N3O3. The maximum absolute atomic E-state index is 12.5. The largest absolute Gasteiger partial charge is 0.377 e. The number of rotatable bonds is 6. The molecule has 0 aliphatic heterocycles. The molecule has 0 N–H and O–H groups in total. The van der Waals surface area contributed by atoms with Crippen LogP contribution in [0.1, 0.15) is 34.6 Å². The van der Waals surface area contributed by atoms with Crippen molar-refractivity contribution in [2.24, 2.45) is 0 Å². The Hall–Kier alpha value is -2.21. The van der Waals surface area contributed by atoms with E-state index in [1.165, 1.54) is 0 Å². The molecule has 1 heterocycles. The third-order valence-corrected chi connectivity index (χ3v) is 3.15. The highest BCUT2D eigenvalue weighted by Gasteiger charge is 2.19. The van der Waals surface area contributed by atoms with Gasteiger partial charge in [0.15, 0.2) is 5.82 Å². The number of carbonyl (C=O) groups is 1. The number of methoxy groups -OCH3 is 1. The summed E-state index contributed by atoms with van der Waals surface area (Å²) in [5, 5.41) is 3.79. The zero-order valence-corrected chi connectivity index (χ0v) is 12.5. The van der Waals surface area contributed by atoms with Gasteiger partial charge in [0.2, 0.25) is 5.89 Å². The average Bonchev–Trinajstić information content (AvgIpc) is 2.92. The Labute approximate surface area is 123 Å². The maximum atomic E-state index is 12.5. The van der Waals surface area contributed by atoms with Crippen LogP contribution in [-0.4, -0.2) is 34.6 Å². The summed E-state index contributed by atoms with van der Waals surface area (Å²) in [5.41, 5.74) is 1.64. The van der Waals surface area contributed by atoms with E-state index in [2.05, 4.69) is 10.1 Å². The Morgan fingerprint density at radius 3 is 2.81 bits per heavy atom. The Morgan fingerprint density at radius 1 is 1.38 bits per heavy atom. The van der Waals surface area contributed by atoms with E-state index in [9.17, 15) is 4.79 Å². The molecule has 0 spiro atoms. The Balaban J connectivity index is 2.12. The van der Waals surface area contributed by atoms with Crippen LogP contribution >= 0.6 is 0 Å². The van der Waals surface area contributed by atoms with Crippen LogP contribution in [0.25, 0.3) is 0 Å². The molecule has 6 nitrogen and oxygen atoms in total. The Kier molecular flexibility index (Phi) is 5.05. The van der Waals surface area contributed by atoms with Gasteiger partial charge in [-0.2, -0.15) is 4.98 Å². The number of aromatic nitrogens is 2. The molecule has 112 valence electrons. The SMILES string of the molecule is CCN(Cc1nc(COC)no1)C(=O)c1ccccc1C. The van der Waals surface area contributed by atoms with E-state index in [0.29, 0.717) is 37.0 Å². The molecule has 0 aliphatic rings. The number of carbonyl (C=O) groups excluding carboxylic acids is 1. The second-order valence-corrected chi connectivity index (χ2v) is 4.67. The number of benzene rings is 1. The van der Waals surface area contributed by atoms with Crippen molar-refractivity contribution in [3.63, 3.8) is 0 Å². The molecule has 0 saturated heterocycles. The summed E-state index contributed by atoms with van der Waals surface area (Å²) in [5.74, 6) is 0.847. The van der Waals surface area contributed by atoms with E-state index >= 15 is 0 Å². The van der Waals surface area contributed by atoms with Crippen molar-refractivity contribution in [1.82, 2.24) is 15.0 Å². The Morgan fingerprint density at radius 2 is 2.14 bits per heavy atom. The lowest BCUT2D eigenvalue weighted by Crippen LogP contribution is -2.31. The molecule has 1 aromatic heterocycles. The minimum atomic E-state index is -0.0397. The molecule has 0 saturated carbocycles. The quantitative estimate of drug-likeness (QED) is 0.815. The van der Waals surface area contributed by atoms with Gasteiger partial charge in [-0.1, -0.05) is 23.4 Å². The van der Waals surface area contributed by atoms with Gasteiger partial charge in [-0.25, -0.2) is 0 Å². The average molecular weight is 289 g/mol. The summed E-state index contributed by atoms with van der Waals surface area (Å²) in [4.78, 5) is 18.4. The number of ether oxygens (including phenoxy) is 1. The lowest BCUT2D eigenvalue weighted by Gasteiger charge is -2.19. The fraction of sp³-hybridized carbons (Fsp3) is 0.400. The van der Waals surface area contributed by atoms with Crippen molar-refractivity contribution in [2.45, 2.75) is 27.0 Å². The van der Waals surface area contributed by atoms with Crippen LogP contribution in [0.15, 0.2) is 28.8 Å². The standard InChI is InChI=1S/C15H19N3O3/c1-4-18(9-14-16-13(10-20-3)17-21-14)15(19)12-8-6-5-7-11(12)2/h5-8H,4,9-10H2,1-3H3. The molecular weight excluding hydrogens is 270 g/mol. The van der Waals surface area contributed by atoms with Gasteiger partial charge in [0.05, 0.1) is 0 Å². The van der Waals surface area contributed by atoms with Crippen LogP contribution in [0.5, 0.6) is 0 Å². The zero-order valence-electron chi connectivity index (χ0n) is 12.5. The third kappa shape index (κ3) is 3.66. The first kappa shape index (κ1) is 15.2. The van der Waals surface area contributed by atoms with Crippen molar-refractivity contribution >= 4 is 5.91 Å². The fourth-order valence-electron chi connectivity index (χ4n) is 2.02. The summed E-state index contributed by atoms with van der Waals surface area (Å²) in [6.07, 6.45) is 0. The minimum absolute atomic E-state index is 0.0397. The Bertz CT molecular complexity index is 610. The normalized spacial score (nSPS) is 10.6. The number of hydrogen-bond donors (Lipinski definition) is 0. The highest BCUT2D eigenvalue weighted by Crippen LogP contribution is 2.13. The zero-order chi connectivity index (χ0) is 15.2. The molecule has 1 amide bonds. The van der Waals surface area contributed by atoms with Gasteiger partial charge in [-0.05, 0) is 25.5 Å². The van der Waals surface area contributed by atoms with Gasteiger partial charge in [0.25, 0.3) is 5.91 Å². The third-order valence-electron chi connectivity index (χ3n) is 3.15. The molecule has 0 radical (unpaired) electrons. The first-order valence-electron chi connectivity index (χ1n) is 6.81. The highest BCUT2D eigenvalue weighted by atomic mass is 16.5. The fourth-order valence-corrected chi connectivity index (χ4v) is 2.02. The molecule has 0 unspecified atom stereocenters. The first-order valence-corrected chi connectivity index (χ1v) is 6.81. The summed E-state index contributed by atoms with van der Waals surface area (Å²) in [6, 6.07) is 7.52. The van der Waals surface area contributed by atoms with E-state index < -0.39 is 0 Å². The number of hydrogen-bond acceptors (Lipinski definition) is 5. The lowest BCUT2D eigenvalue weighted by atomic mass is 10.1. The van der Waals surface area contributed by atoms with Gasteiger partial charge in [-0.15, -0.1) is 0 Å². The van der Waals surface area contributed by atoms with Crippen molar-refractivity contribution in [3.05, 3.63) is 47.1 Å². The van der Waals surface area contributed by atoms with Crippen LogP contribution in [0.3, 0.4) is 0 Å². The summed E-state index contributed by atoms with van der Waals surface area (Å²) in [7, 11) is 1.57.